The molecule has 0 N–H and O–H groups in total. The van der Waals surface area contributed by atoms with Crippen LogP contribution in [0.3, 0.4) is 0 Å². The van der Waals surface area contributed by atoms with Crippen LogP contribution in [0.15, 0.2) is 36.5 Å². The lowest BCUT2D eigenvalue weighted by Gasteiger charge is -2.18. The van der Waals surface area contributed by atoms with Gasteiger partial charge in [-0.25, -0.2) is 0 Å². The summed E-state index contributed by atoms with van der Waals surface area (Å²) >= 11 is 0. The van der Waals surface area contributed by atoms with Crippen LogP contribution in [0.25, 0.3) is 0 Å². The van der Waals surface area contributed by atoms with Crippen molar-refractivity contribution in [2.45, 2.75) is 297 Å². The van der Waals surface area contributed by atoms with Gasteiger partial charge in [0.2, 0.25) is 0 Å². The van der Waals surface area contributed by atoms with E-state index in [0.717, 1.165) is 96.3 Å². The molecule has 0 rings (SSSR count). The Labute approximate surface area is 391 Å². The van der Waals surface area contributed by atoms with Gasteiger partial charge in [-0.1, -0.05) is 256 Å². The van der Waals surface area contributed by atoms with Crippen molar-refractivity contribution >= 4 is 17.9 Å². The number of rotatable bonds is 50. The highest BCUT2D eigenvalue weighted by atomic mass is 16.6. The number of carbonyl (C=O) groups is 3. The highest BCUT2D eigenvalue weighted by molar-refractivity contribution is 5.71. The van der Waals surface area contributed by atoms with Gasteiger partial charge in [0.25, 0.3) is 0 Å². The number of hydrogen-bond donors (Lipinski definition) is 0. The summed E-state index contributed by atoms with van der Waals surface area (Å²) in [6.45, 7) is 6.55. The van der Waals surface area contributed by atoms with Crippen LogP contribution in [0.5, 0.6) is 0 Å². The number of unbranched alkanes of at least 4 members (excludes halogenated alkanes) is 33. The minimum Gasteiger partial charge on any atom is -0.462 e. The summed E-state index contributed by atoms with van der Waals surface area (Å²) in [6, 6.07) is 0. The van der Waals surface area contributed by atoms with Gasteiger partial charge >= 0.3 is 17.9 Å². The zero-order chi connectivity index (χ0) is 45.8. The Hall–Kier alpha value is -2.37. The fourth-order valence-electron chi connectivity index (χ4n) is 8.05. The molecule has 0 spiro atoms. The molecule has 0 amide bonds. The summed E-state index contributed by atoms with van der Waals surface area (Å²) in [5, 5.41) is 0. The molecule has 0 heterocycles. The molecule has 0 aliphatic heterocycles. The van der Waals surface area contributed by atoms with Crippen LogP contribution in [0.2, 0.25) is 0 Å². The summed E-state index contributed by atoms with van der Waals surface area (Å²) in [6.07, 6.45) is 61.3. The van der Waals surface area contributed by atoms with Crippen LogP contribution in [-0.2, 0) is 28.6 Å². The van der Waals surface area contributed by atoms with Gasteiger partial charge in [0.05, 0.1) is 0 Å². The lowest BCUT2D eigenvalue weighted by Crippen LogP contribution is -2.30. The first kappa shape index (κ1) is 60.6. The molecule has 6 nitrogen and oxygen atoms in total. The molecule has 1 atom stereocenters. The largest absolute Gasteiger partial charge is 0.462 e. The van der Waals surface area contributed by atoms with Crippen LogP contribution in [0.4, 0.5) is 0 Å². The quantitative estimate of drug-likeness (QED) is 0.0262. The van der Waals surface area contributed by atoms with E-state index < -0.39 is 6.10 Å². The molecule has 0 aromatic rings. The van der Waals surface area contributed by atoms with Crippen LogP contribution in [-0.4, -0.2) is 37.2 Å². The Morgan fingerprint density at radius 1 is 0.333 bits per heavy atom. The second-order valence-corrected chi connectivity index (χ2v) is 18.5. The van der Waals surface area contributed by atoms with E-state index in [1.54, 1.807) is 0 Å². The van der Waals surface area contributed by atoms with Crippen molar-refractivity contribution < 1.29 is 28.6 Å². The maximum Gasteiger partial charge on any atom is 0.306 e. The first-order valence-corrected chi connectivity index (χ1v) is 27.5. The maximum atomic E-state index is 12.8. The SMILES string of the molecule is CC/C=C\C/C=C\C/C=C\CCCCCCCC(=O)OC[C@H](COC(=O)CCCCCCCCCCCCCCCCC)OC(=O)CCCCCCCCCCCCCCCCC. The average Bonchev–Trinajstić information content (AvgIpc) is 3.28. The normalized spacial score (nSPS) is 12.2. The molecular weight excluding hydrogens is 781 g/mol. The van der Waals surface area contributed by atoms with E-state index in [2.05, 4.69) is 57.2 Å². The lowest BCUT2D eigenvalue weighted by molar-refractivity contribution is -0.167. The van der Waals surface area contributed by atoms with Gasteiger partial charge in [-0.15, -0.1) is 0 Å². The summed E-state index contributed by atoms with van der Waals surface area (Å²) in [7, 11) is 0. The molecule has 368 valence electrons. The summed E-state index contributed by atoms with van der Waals surface area (Å²) < 4.78 is 16.8. The van der Waals surface area contributed by atoms with Crippen molar-refractivity contribution in [3.8, 4) is 0 Å². The van der Waals surface area contributed by atoms with Gasteiger partial charge < -0.3 is 14.2 Å². The Morgan fingerprint density at radius 3 is 0.968 bits per heavy atom. The minimum atomic E-state index is -0.774. The van der Waals surface area contributed by atoms with Crippen LogP contribution < -0.4 is 0 Å². The van der Waals surface area contributed by atoms with Gasteiger partial charge in [-0.2, -0.15) is 0 Å². The summed E-state index contributed by atoms with van der Waals surface area (Å²) in [5.74, 6) is -0.874. The predicted octanol–water partition coefficient (Wildman–Crippen LogP) is 18.1. The highest BCUT2D eigenvalue weighted by Gasteiger charge is 2.19. The van der Waals surface area contributed by atoms with Crippen LogP contribution >= 0.6 is 0 Å². The van der Waals surface area contributed by atoms with E-state index in [4.69, 9.17) is 14.2 Å². The number of esters is 3. The number of hydrogen-bond acceptors (Lipinski definition) is 6. The van der Waals surface area contributed by atoms with E-state index in [-0.39, 0.29) is 31.1 Å². The first-order chi connectivity index (χ1) is 31.0. The first-order valence-electron chi connectivity index (χ1n) is 27.5. The minimum absolute atomic E-state index is 0.0729. The summed E-state index contributed by atoms with van der Waals surface area (Å²) in [5.41, 5.74) is 0. The number of ether oxygens (including phenoxy) is 3. The van der Waals surface area contributed by atoms with Crippen molar-refractivity contribution in [3.05, 3.63) is 36.5 Å². The van der Waals surface area contributed by atoms with Gasteiger partial charge in [0.15, 0.2) is 6.10 Å². The molecule has 0 radical (unpaired) electrons. The standard InChI is InChI=1S/C57H104O6/c1-4-7-10-13-16-19-22-25-28-31-34-37-40-43-46-49-55(58)61-52-54(63-57(60)51-48-45-42-39-36-33-30-27-24-21-18-15-12-9-6-3)53-62-56(59)50-47-44-41-38-35-32-29-26-23-20-17-14-11-8-5-2/h7,10,16,19,25,28,54H,4-6,8-9,11-15,17-18,20-24,26-27,29-53H2,1-3H3/b10-7-,19-16-,28-25-/t54-/m1/s1. The van der Waals surface area contributed by atoms with E-state index in [1.165, 1.54) is 154 Å². The van der Waals surface area contributed by atoms with Crippen molar-refractivity contribution in [1.29, 1.82) is 0 Å². The van der Waals surface area contributed by atoms with Crippen LogP contribution in [0, 0.1) is 0 Å². The summed E-state index contributed by atoms with van der Waals surface area (Å²) in [4.78, 5) is 38.1. The topological polar surface area (TPSA) is 78.9 Å². The molecule has 0 saturated heterocycles. The third-order valence-corrected chi connectivity index (χ3v) is 12.2. The molecule has 6 heteroatoms. The van der Waals surface area contributed by atoms with Crippen molar-refractivity contribution in [1.82, 2.24) is 0 Å². The molecule has 0 aliphatic rings. The van der Waals surface area contributed by atoms with Crippen molar-refractivity contribution in [2.75, 3.05) is 13.2 Å². The maximum absolute atomic E-state index is 12.8. The monoisotopic (exact) mass is 885 g/mol. The third kappa shape index (κ3) is 50.5. The van der Waals surface area contributed by atoms with Gasteiger partial charge in [-0.3, -0.25) is 14.4 Å². The second kappa shape index (κ2) is 52.3. The Morgan fingerprint density at radius 2 is 0.619 bits per heavy atom. The Balaban J connectivity index is 4.36. The fraction of sp³-hybridized carbons (Fsp3) is 0.842. The molecule has 0 aromatic heterocycles. The molecule has 0 saturated carbocycles. The zero-order valence-corrected chi connectivity index (χ0v) is 42.1. The number of carbonyl (C=O) groups excluding carboxylic acids is 3. The van der Waals surface area contributed by atoms with Crippen LogP contribution in [0.1, 0.15) is 290 Å². The smallest absolute Gasteiger partial charge is 0.306 e. The average molecular weight is 885 g/mol. The highest BCUT2D eigenvalue weighted by Crippen LogP contribution is 2.16. The van der Waals surface area contributed by atoms with E-state index in [0.29, 0.717) is 19.3 Å². The van der Waals surface area contributed by atoms with Crippen molar-refractivity contribution in [2.24, 2.45) is 0 Å². The van der Waals surface area contributed by atoms with Gasteiger partial charge in [0, 0.05) is 19.3 Å². The molecule has 63 heavy (non-hydrogen) atoms. The Bertz CT molecular complexity index is 1060. The number of allylic oxidation sites excluding steroid dienone is 6. The lowest BCUT2D eigenvalue weighted by atomic mass is 10.0. The van der Waals surface area contributed by atoms with Gasteiger partial charge in [-0.05, 0) is 51.4 Å². The fourth-order valence-corrected chi connectivity index (χ4v) is 8.05. The zero-order valence-electron chi connectivity index (χ0n) is 42.1. The van der Waals surface area contributed by atoms with E-state index >= 15 is 0 Å². The van der Waals surface area contributed by atoms with Crippen molar-refractivity contribution in [3.63, 3.8) is 0 Å². The predicted molar refractivity (Wildman–Crippen MR) is 270 cm³/mol. The van der Waals surface area contributed by atoms with E-state index in [1.807, 2.05) is 0 Å². The molecule has 0 bridgehead atoms. The molecule has 0 aliphatic carbocycles. The second-order valence-electron chi connectivity index (χ2n) is 18.5. The van der Waals surface area contributed by atoms with E-state index in [9.17, 15) is 14.4 Å². The molecule has 0 fully saturated rings. The third-order valence-electron chi connectivity index (χ3n) is 12.2. The molecule has 0 unspecified atom stereocenters. The molecular formula is C57H104O6. The molecule has 0 aromatic carbocycles. The van der Waals surface area contributed by atoms with Gasteiger partial charge in [0.1, 0.15) is 13.2 Å². The Kier molecular flexibility index (Phi) is 50.3.